The van der Waals surface area contributed by atoms with E-state index in [-0.39, 0.29) is 26.9 Å². The normalized spacial score (nSPS) is 19.7. The van der Waals surface area contributed by atoms with Gasteiger partial charge in [-0.05, 0) is 48.5 Å². The number of carbonyl (C=O) groups excluding carboxylic acids is 1. The Morgan fingerprint density at radius 3 is 2.93 bits per heavy atom. The molecule has 0 spiro atoms. The molecule has 3 aromatic rings. The molecule has 0 amide bonds. The van der Waals surface area contributed by atoms with E-state index in [9.17, 15) is 13.2 Å². The van der Waals surface area contributed by atoms with Crippen LogP contribution < -0.4 is 14.2 Å². The van der Waals surface area contributed by atoms with Gasteiger partial charge in [0.1, 0.15) is 18.4 Å². The second-order valence-corrected chi connectivity index (χ2v) is 8.52. The number of aromatic nitrogens is 1. The molecule has 0 unspecified atom stereocenters. The average molecular weight is 463 g/mol. The van der Waals surface area contributed by atoms with Gasteiger partial charge in [0.15, 0.2) is 18.7 Å². The maximum Gasteiger partial charge on any atom is 0.265 e. The van der Waals surface area contributed by atoms with Crippen LogP contribution >= 0.6 is 22.9 Å². The summed E-state index contributed by atoms with van der Waals surface area (Å²) in [4.78, 5) is 12.0. The van der Waals surface area contributed by atoms with Crippen molar-refractivity contribution < 1.29 is 38.2 Å². The second-order valence-electron chi connectivity index (χ2n) is 5.65. The van der Waals surface area contributed by atoms with Crippen molar-refractivity contribution in [1.29, 1.82) is 0 Å². The average Bonchev–Trinajstić information content (AvgIpc) is 3.47. The van der Waals surface area contributed by atoms with Crippen molar-refractivity contribution in [1.82, 2.24) is 5.16 Å². The van der Waals surface area contributed by atoms with Crippen molar-refractivity contribution in [3.8, 4) is 11.5 Å². The lowest BCUT2D eigenvalue weighted by molar-refractivity contribution is 0.0994. The summed E-state index contributed by atoms with van der Waals surface area (Å²) in [6.07, 6.45) is -3.14. The van der Waals surface area contributed by atoms with Gasteiger partial charge >= 0.3 is 0 Å². The minimum atomic E-state index is -4.84. The number of nitrogens with one attached hydrogen (secondary N) is 1. The summed E-state index contributed by atoms with van der Waals surface area (Å²) in [5.41, 5.74) is -1.27. The number of thiophene rings is 1. The summed E-state index contributed by atoms with van der Waals surface area (Å²) < 4.78 is 104. The van der Waals surface area contributed by atoms with E-state index >= 15 is 0 Å². The predicted octanol–water partition coefficient (Wildman–Crippen LogP) is 3.96. The zero-order valence-electron chi connectivity index (χ0n) is 22.3. The van der Waals surface area contributed by atoms with Gasteiger partial charge in [0, 0.05) is 13.2 Å². The summed E-state index contributed by atoms with van der Waals surface area (Å²) in [6.45, 7) is -4.22. The topological polar surface area (TPSA) is 108 Å². The van der Waals surface area contributed by atoms with Crippen molar-refractivity contribution in [3.05, 3.63) is 50.3 Å². The maximum absolute atomic E-state index is 13.4. The molecule has 0 fully saturated rings. The van der Waals surface area contributed by atoms with E-state index in [1.807, 2.05) is 0 Å². The van der Waals surface area contributed by atoms with Gasteiger partial charge in [-0.3, -0.25) is 4.79 Å². The Morgan fingerprint density at radius 1 is 1.48 bits per heavy atom. The van der Waals surface area contributed by atoms with Gasteiger partial charge in [0.2, 0.25) is 6.75 Å². The number of benzene rings is 1. The minimum absolute atomic E-state index is 0.0970. The van der Waals surface area contributed by atoms with E-state index in [0.717, 1.165) is 18.2 Å². The maximum atomic E-state index is 13.4. The van der Waals surface area contributed by atoms with Crippen LogP contribution in [-0.2, 0) is 16.4 Å². The van der Waals surface area contributed by atoms with Crippen molar-refractivity contribution in [2.45, 2.75) is 25.0 Å². The number of halogens is 1. The first-order valence-corrected chi connectivity index (χ1v) is 10.4. The van der Waals surface area contributed by atoms with Crippen LogP contribution in [0.2, 0.25) is 6.43 Å². The zero-order chi connectivity index (χ0) is 27.7. The summed E-state index contributed by atoms with van der Waals surface area (Å²) in [5.74, 6) is -2.74. The first kappa shape index (κ1) is 12.2. The van der Waals surface area contributed by atoms with Gasteiger partial charge in [-0.1, -0.05) is 16.8 Å². The second kappa shape index (κ2) is 7.36. The highest BCUT2D eigenvalue weighted by atomic mass is 35.5. The molecule has 8 nitrogen and oxygen atoms in total. The Hall–Kier alpha value is -2.56. The number of nitrogens with zero attached hydrogens (tertiary/aromatic N) is 1. The zero-order valence-corrected chi connectivity index (χ0v) is 16.7. The van der Waals surface area contributed by atoms with Crippen molar-refractivity contribution in [3.63, 3.8) is 0 Å². The fraction of sp³-hybridized carbons (Fsp3) is 0.222. The highest BCUT2D eigenvalue weighted by Crippen LogP contribution is 2.36. The van der Waals surface area contributed by atoms with Crippen molar-refractivity contribution in [2.24, 2.45) is 0 Å². The number of Topliss-reactive ketones (excluding diaryl/α,β-unsaturated/α-hetero) is 1. The molecule has 3 heterocycles. The van der Waals surface area contributed by atoms with Gasteiger partial charge in [-0.2, -0.15) is 0 Å². The van der Waals surface area contributed by atoms with Crippen LogP contribution in [0.5, 0.6) is 11.5 Å². The highest BCUT2D eigenvalue weighted by Gasteiger charge is 2.27. The number of anilines is 1. The van der Waals surface area contributed by atoms with Crippen LogP contribution in [0.3, 0.4) is 0 Å². The molecule has 152 valence electrons. The third kappa shape index (κ3) is 3.70. The van der Waals surface area contributed by atoms with Crippen LogP contribution in [0.4, 0.5) is 5.88 Å². The van der Waals surface area contributed by atoms with Gasteiger partial charge in [-0.25, -0.2) is 13.1 Å². The lowest BCUT2D eigenvalue weighted by Crippen LogP contribution is -2.16. The van der Waals surface area contributed by atoms with E-state index in [0.29, 0.717) is 11.3 Å². The molecule has 1 aliphatic rings. The van der Waals surface area contributed by atoms with E-state index in [1.165, 1.54) is 12.3 Å². The highest BCUT2D eigenvalue weighted by molar-refractivity contribution is 7.93. The molecule has 11 heteroatoms. The number of hydrogen-bond acceptors (Lipinski definition) is 8. The first-order chi connectivity index (χ1) is 16.9. The fourth-order valence-corrected chi connectivity index (χ4v) is 4.74. The third-order valence-corrected chi connectivity index (χ3v) is 6.51. The van der Waals surface area contributed by atoms with Crippen molar-refractivity contribution in [2.75, 3.05) is 11.5 Å². The van der Waals surface area contributed by atoms with E-state index < -0.39 is 62.6 Å². The molecule has 1 aliphatic heterocycles. The summed E-state index contributed by atoms with van der Waals surface area (Å²) in [5, 5.41) is 4.39. The molecular weight excluding hydrogens is 440 g/mol. The molecule has 2 aromatic heterocycles. The molecule has 1 aromatic carbocycles. The standard InChI is InChI=1S/C18H15ClN2O6S2/c1-9-5-13-14(26-8-25-13)7-11(9)6-12(22)17-15(3-4-28-17)29(23,24)21-18-16(19)10(2)20-27-18/h3-5,7,21H,6,8H2,1-2H3/i1D3,6D2,8D2/hD. The van der Waals surface area contributed by atoms with Crippen LogP contribution in [0.1, 0.15) is 36.1 Å². The molecule has 0 saturated heterocycles. The van der Waals surface area contributed by atoms with Crippen LogP contribution in [-0.4, -0.2) is 26.1 Å². The number of sulfonamides is 1. The molecule has 29 heavy (non-hydrogen) atoms. The van der Waals surface area contributed by atoms with E-state index in [2.05, 4.69) is 5.16 Å². The van der Waals surface area contributed by atoms with E-state index in [1.54, 1.807) is 0 Å². The van der Waals surface area contributed by atoms with Crippen LogP contribution in [0.15, 0.2) is 33.0 Å². The Labute approximate surface area is 186 Å². The van der Waals surface area contributed by atoms with Crippen LogP contribution in [0, 0.1) is 13.8 Å². The number of hydrogen-bond donors (Lipinski definition) is 1. The minimum Gasteiger partial charge on any atom is -0.454 e. The SMILES string of the molecule is [2H]N(c1onc(C)c1Cl)S(=O)(=O)c1ccsc1C(=O)C([2H])([2H])c1cc2c(cc1C([2H])([2H])[2H])OC([2H])([2H])O2. The largest absolute Gasteiger partial charge is 0.454 e. The number of aryl methyl sites for hydroxylation is 2. The molecule has 1 N–H and O–H groups in total. The lowest BCUT2D eigenvalue weighted by Gasteiger charge is -2.09. The quantitative estimate of drug-likeness (QED) is 0.552. The summed E-state index contributed by atoms with van der Waals surface area (Å²) >= 11 is 6.50. The molecule has 0 bridgehead atoms. The predicted molar refractivity (Wildman–Crippen MR) is 107 cm³/mol. The lowest BCUT2D eigenvalue weighted by atomic mass is 10.0. The van der Waals surface area contributed by atoms with Gasteiger partial charge in [0.25, 0.3) is 15.9 Å². The Kier molecular flexibility index (Phi) is 3.10. The molecule has 0 saturated carbocycles. The van der Waals surface area contributed by atoms with Crippen molar-refractivity contribution >= 4 is 44.6 Å². The molecule has 0 aliphatic carbocycles. The Bertz CT molecular complexity index is 1520. The first-order valence-electron chi connectivity index (χ1n) is 11.7. The molecule has 0 atom stereocenters. The van der Waals surface area contributed by atoms with Gasteiger partial charge in [-0.15, -0.1) is 11.3 Å². The number of fused-ring (bicyclic) bond motifs is 1. The molecule has 0 radical (unpaired) electrons. The van der Waals surface area contributed by atoms with Gasteiger partial charge in [0.05, 0.1) is 4.88 Å². The van der Waals surface area contributed by atoms with Crippen LogP contribution in [0.25, 0.3) is 0 Å². The third-order valence-electron chi connectivity index (χ3n) is 3.73. The fourth-order valence-electron chi connectivity index (χ4n) is 2.34. The molecular formula is C18H15ClN2O6S2. The summed E-state index contributed by atoms with van der Waals surface area (Å²) in [6, 6.07) is 2.65. The monoisotopic (exact) mass is 462 g/mol. The smallest absolute Gasteiger partial charge is 0.265 e. The number of rotatable bonds is 6. The summed E-state index contributed by atoms with van der Waals surface area (Å²) in [7, 11) is -4.84. The number of ketones is 1. The number of ether oxygens (including phenoxy) is 2. The number of carbonyl (C=O) groups is 1. The van der Waals surface area contributed by atoms with E-state index in [4.69, 9.17) is 36.6 Å². The molecule has 4 rings (SSSR count). The Morgan fingerprint density at radius 2 is 2.24 bits per heavy atom. The van der Waals surface area contributed by atoms with Gasteiger partial charge < -0.3 is 14.0 Å². The Balaban J connectivity index is 1.81.